The van der Waals surface area contributed by atoms with Crippen molar-refractivity contribution < 1.29 is 4.79 Å². The van der Waals surface area contributed by atoms with Crippen molar-refractivity contribution in [1.82, 2.24) is 5.32 Å². The molecule has 0 aliphatic carbocycles. The Labute approximate surface area is 127 Å². The number of carbonyl (C=O) groups excluding carboxylic acids is 1. The summed E-state index contributed by atoms with van der Waals surface area (Å²) in [5, 5.41) is 3.35. The molecule has 0 unspecified atom stereocenters. The van der Waals surface area contributed by atoms with E-state index in [0.717, 1.165) is 35.1 Å². The van der Waals surface area contributed by atoms with Crippen molar-refractivity contribution in [2.45, 2.75) is 19.4 Å². The van der Waals surface area contributed by atoms with Crippen LogP contribution >= 0.6 is 15.9 Å². The van der Waals surface area contributed by atoms with Crippen molar-refractivity contribution >= 4 is 21.7 Å². The smallest absolute Gasteiger partial charge is 0.167 e. The van der Waals surface area contributed by atoms with E-state index in [2.05, 4.69) is 27.3 Å². The fourth-order valence-corrected chi connectivity index (χ4v) is 3.03. The molecule has 3 rings (SSSR count). The predicted octanol–water partition coefficient (Wildman–Crippen LogP) is 3.52. The van der Waals surface area contributed by atoms with E-state index >= 15 is 0 Å². The Balaban J connectivity index is 1.80. The molecular formula is C17H16BrNO. The molecule has 0 fully saturated rings. The molecule has 0 aromatic heterocycles. The number of nitrogens with one attached hydrogen (secondary N) is 1. The summed E-state index contributed by atoms with van der Waals surface area (Å²) in [6.45, 7) is 1.89. The van der Waals surface area contributed by atoms with E-state index in [1.54, 1.807) is 0 Å². The molecule has 0 saturated heterocycles. The van der Waals surface area contributed by atoms with Gasteiger partial charge < -0.3 is 5.32 Å². The van der Waals surface area contributed by atoms with Crippen LogP contribution in [-0.2, 0) is 19.4 Å². The molecule has 2 aromatic carbocycles. The van der Waals surface area contributed by atoms with Gasteiger partial charge in [-0.15, -0.1) is 0 Å². The summed E-state index contributed by atoms with van der Waals surface area (Å²) in [5.41, 5.74) is 4.48. The maximum absolute atomic E-state index is 12.4. The molecule has 20 heavy (non-hydrogen) atoms. The van der Waals surface area contributed by atoms with Crippen LogP contribution in [0.25, 0.3) is 0 Å². The van der Waals surface area contributed by atoms with E-state index in [0.29, 0.717) is 6.42 Å². The molecule has 102 valence electrons. The number of halogens is 1. The highest BCUT2D eigenvalue weighted by atomic mass is 79.9. The number of hydrogen-bond acceptors (Lipinski definition) is 2. The number of rotatable bonds is 3. The zero-order valence-corrected chi connectivity index (χ0v) is 12.7. The zero-order chi connectivity index (χ0) is 13.9. The van der Waals surface area contributed by atoms with E-state index < -0.39 is 0 Å². The molecule has 2 aromatic rings. The number of Topliss-reactive ketones (excluding diaryl/α,β-unsaturated/α-hetero) is 1. The molecule has 0 spiro atoms. The molecule has 1 heterocycles. The fraction of sp³-hybridized carbons (Fsp3) is 0.235. The van der Waals surface area contributed by atoms with Gasteiger partial charge in [-0.2, -0.15) is 0 Å². The lowest BCUT2D eigenvalue weighted by Crippen LogP contribution is -2.23. The number of benzene rings is 2. The lowest BCUT2D eigenvalue weighted by Gasteiger charge is -2.17. The van der Waals surface area contributed by atoms with Crippen LogP contribution in [0, 0.1) is 0 Å². The molecule has 0 amide bonds. The Morgan fingerprint density at radius 1 is 1.15 bits per heavy atom. The maximum Gasteiger partial charge on any atom is 0.167 e. The van der Waals surface area contributed by atoms with E-state index in [1.807, 2.05) is 36.4 Å². The summed E-state index contributed by atoms with van der Waals surface area (Å²) in [7, 11) is 0. The van der Waals surface area contributed by atoms with Crippen molar-refractivity contribution in [3.05, 3.63) is 69.2 Å². The molecular weight excluding hydrogens is 314 g/mol. The van der Waals surface area contributed by atoms with Gasteiger partial charge in [0.1, 0.15) is 0 Å². The van der Waals surface area contributed by atoms with E-state index in [9.17, 15) is 4.79 Å². The van der Waals surface area contributed by atoms with Crippen LogP contribution in [-0.4, -0.2) is 12.3 Å². The highest BCUT2D eigenvalue weighted by Crippen LogP contribution is 2.18. The summed E-state index contributed by atoms with van der Waals surface area (Å²) in [6, 6.07) is 14.0. The van der Waals surface area contributed by atoms with Crippen molar-refractivity contribution in [3.63, 3.8) is 0 Å². The molecule has 1 aliphatic heterocycles. The zero-order valence-electron chi connectivity index (χ0n) is 11.2. The van der Waals surface area contributed by atoms with Gasteiger partial charge in [0.05, 0.1) is 0 Å². The van der Waals surface area contributed by atoms with Crippen LogP contribution in [0.5, 0.6) is 0 Å². The summed E-state index contributed by atoms with van der Waals surface area (Å²) >= 11 is 3.44. The fourth-order valence-electron chi connectivity index (χ4n) is 2.59. The Hall–Kier alpha value is -1.45. The number of fused-ring (bicyclic) bond motifs is 1. The normalized spacial score (nSPS) is 13.8. The molecule has 1 N–H and O–H groups in total. The number of carbonyl (C=O) groups is 1. The van der Waals surface area contributed by atoms with Gasteiger partial charge in [-0.1, -0.05) is 40.2 Å². The first-order valence-corrected chi connectivity index (χ1v) is 7.62. The third-order valence-corrected chi connectivity index (χ3v) is 4.16. The van der Waals surface area contributed by atoms with Crippen LogP contribution in [0.4, 0.5) is 0 Å². The molecule has 0 saturated carbocycles. The van der Waals surface area contributed by atoms with Crippen molar-refractivity contribution in [1.29, 1.82) is 0 Å². The number of ketones is 1. The molecule has 2 nitrogen and oxygen atoms in total. The Bertz CT molecular complexity index is 651. The Kier molecular flexibility index (Phi) is 3.99. The van der Waals surface area contributed by atoms with Crippen LogP contribution in [0.15, 0.2) is 46.9 Å². The van der Waals surface area contributed by atoms with Crippen molar-refractivity contribution in [2.75, 3.05) is 6.54 Å². The summed E-state index contributed by atoms with van der Waals surface area (Å²) in [6.07, 6.45) is 1.50. The quantitative estimate of drug-likeness (QED) is 0.873. The van der Waals surface area contributed by atoms with Gasteiger partial charge in [0.25, 0.3) is 0 Å². The van der Waals surface area contributed by atoms with Crippen LogP contribution in [0.3, 0.4) is 0 Å². The second-order valence-corrected chi connectivity index (χ2v) is 6.06. The van der Waals surface area contributed by atoms with Gasteiger partial charge in [0, 0.05) is 23.0 Å². The van der Waals surface area contributed by atoms with Gasteiger partial charge in [-0.25, -0.2) is 0 Å². The van der Waals surface area contributed by atoms with E-state index in [1.165, 1.54) is 11.1 Å². The second kappa shape index (κ2) is 5.90. The molecule has 0 bridgehead atoms. The Morgan fingerprint density at radius 2 is 2.05 bits per heavy atom. The topological polar surface area (TPSA) is 29.1 Å². The first kappa shape index (κ1) is 13.5. The first-order valence-electron chi connectivity index (χ1n) is 6.82. The lowest BCUT2D eigenvalue weighted by atomic mass is 9.95. The van der Waals surface area contributed by atoms with Gasteiger partial charge in [0.15, 0.2) is 5.78 Å². The minimum absolute atomic E-state index is 0.177. The van der Waals surface area contributed by atoms with Crippen LogP contribution < -0.4 is 5.32 Å². The average Bonchev–Trinajstić information content (AvgIpc) is 2.47. The minimum Gasteiger partial charge on any atom is -0.312 e. The number of hydrogen-bond donors (Lipinski definition) is 1. The third kappa shape index (κ3) is 3.00. The maximum atomic E-state index is 12.4. The Morgan fingerprint density at radius 3 is 2.90 bits per heavy atom. The van der Waals surface area contributed by atoms with Crippen molar-refractivity contribution in [2.24, 2.45) is 0 Å². The SMILES string of the molecule is O=C(Cc1cccc(Br)c1)c1ccc2c(c1)CNCC2. The monoisotopic (exact) mass is 329 g/mol. The first-order chi connectivity index (χ1) is 9.72. The minimum atomic E-state index is 0.177. The highest BCUT2D eigenvalue weighted by Gasteiger charge is 2.13. The third-order valence-electron chi connectivity index (χ3n) is 3.67. The molecule has 0 atom stereocenters. The van der Waals surface area contributed by atoms with Crippen LogP contribution in [0.1, 0.15) is 27.0 Å². The van der Waals surface area contributed by atoms with E-state index in [-0.39, 0.29) is 5.78 Å². The van der Waals surface area contributed by atoms with E-state index in [4.69, 9.17) is 0 Å². The van der Waals surface area contributed by atoms with Gasteiger partial charge in [-0.3, -0.25) is 4.79 Å². The highest BCUT2D eigenvalue weighted by molar-refractivity contribution is 9.10. The lowest BCUT2D eigenvalue weighted by molar-refractivity contribution is 0.0993. The van der Waals surface area contributed by atoms with Crippen LogP contribution in [0.2, 0.25) is 0 Å². The molecule has 1 aliphatic rings. The van der Waals surface area contributed by atoms with Gasteiger partial charge in [0.2, 0.25) is 0 Å². The summed E-state index contributed by atoms with van der Waals surface area (Å²) < 4.78 is 1.01. The average molecular weight is 330 g/mol. The summed E-state index contributed by atoms with van der Waals surface area (Å²) in [5.74, 6) is 0.177. The van der Waals surface area contributed by atoms with Crippen molar-refractivity contribution in [3.8, 4) is 0 Å². The van der Waals surface area contributed by atoms with Gasteiger partial charge in [-0.05, 0) is 47.9 Å². The van der Waals surface area contributed by atoms with Gasteiger partial charge >= 0.3 is 0 Å². The molecule has 0 radical (unpaired) electrons. The second-order valence-electron chi connectivity index (χ2n) is 5.14. The predicted molar refractivity (Wildman–Crippen MR) is 84.0 cm³/mol. The largest absolute Gasteiger partial charge is 0.312 e. The standard InChI is InChI=1S/C17H16BrNO/c18-16-3-1-2-12(8-16)9-17(20)14-5-4-13-6-7-19-11-15(13)10-14/h1-5,8,10,19H,6-7,9,11H2. The summed E-state index contributed by atoms with van der Waals surface area (Å²) in [4.78, 5) is 12.4. The molecule has 3 heteroatoms.